The molecule has 1 saturated heterocycles. The summed E-state index contributed by atoms with van der Waals surface area (Å²) < 4.78 is 5.10. The van der Waals surface area contributed by atoms with Crippen LogP contribution in [0.1, 0.15) is 34.9 Å². The molecular weight excluding hydrogens is 360 g/mol. The average Bonchev–Trinajstić information content (AvgIpc) is 3.05. The first-order valence-corrected chi connectivity index (χ1v) is 9.13. The molecule has 1 fully saturated rings. The largest absolute Gasteiger partial charge is 0.338 e. The molecule has 2 heterocycles. The lowest BCUT2D eigenvalue weighted by Crippen LogP contribution is -2.46. The van der Waals surface area contributed by atoms with Crippen molar-refractivity contribution >= 4 is 30.1 Å². The second kappa shape index (κ2) is 9.22. The van der Waals surface area contributed by atoms with Crippen molar-refractivity contribution in [1.29, 1.82) is 0 Å². The maximum Gasteiger partial charge on any atom is 0.253 e. The van der Waals surface area contributed by atoms with E-state index in [4.69, 9.17) is 4.52 Å². The van der Waals surface area contributed by atoms with Gasteiger partial charge in [0.2, 0.25) is 5.89 Å². The summed E-state index contributed by atoms with van der Waals surface area (Å²) in [4.78, 5) is 19.8. The standard InChI is InChI=1S/C17H22N4O2S.ClH/c1-12-19-16(23-20-12)11-24-15-7-5-13(6-8-15)17(22)21-9-3-4-14(10-21)18-2;/h5-8,14,18H,3-4,9-11H2,1-2H3;1H. The van der Waals surface area contributed by atoms with E-state index in [1.165, 1.54) is 0 Å². The minimum atomic E-state index is 0. The fourth-order valence-electron chi connectivity index (χ4n) is 2.82. The number of rotatable bonds is 5. The Labute approximate surface area is 158 Å². The van der Waals surface area contributed by atoms with Crippen molar-refractivity contribution in [3.8, 4) is 0 Å². The zero-order chi connectivity index (χ0) is 16.9. The topological polar surface area (TPSA) is 71.3 Å². The van der Waals surface area contributed by atoms with E-state index in [0.29, 0.717) is 23.5 Å². The highest BCUT2D eigenvalue weighted by Crippen LogP contribution is 2.23. The Bertz CT molecular complexity index is 692. The van der Waals surface area contributed by atoms with Gasteiger partial charge < -0.3 is 14.7 Å². The minimum Gasteiger partial charge on any atom is -0.338 e. The Morgan fingerprint density at radius 1 is 1.40 bits per heavy atom. The number of aryl methyl sites for hydroxylation is 1. The number of nitrogens with one attached hydrogen (secondary N) is 1. The molecule has 8 heteroatoms. The van der Waals surface area contributed by atoms with Crippen molar-refractivity contribution < 1.29 is 9.32 Å². The minimum absolute atomic E-state index is 0. The van der Waals surface area contributed by atoms with E-state index in [1.807, 2.05) is 36.2 Å². The van der Waals surface area contributed by atoms with Crippen LogP contribution in [0, 0.1) is 6.92 Å². The van der Waals surface area contributed by atoms with E-state index >= 15 is 0 Å². The van der Waals surface area contributed by atoms with Crippen molar-refractivity contribution in [2.24, 2.45) is 0 Å². The van der Waals surface area contributed by atoms with Crippen LogP contribution in [-0.2, 0) is 5.75 Å². The highest BCUT2D eigenvalue weighted by molar-refractivity contribution is 7.98. The summed E-state index contributed by atoms with van der Waals surface area (Å²) in [5.74, 6) is 2.00. The molecule has 1 aliphatic heterocycles. The Hall–Kier alpha value is -1.57. The number of halogens is 1. The van der Waals surface area contributed by atoms with Gasteiger partial charge in [-0.2, -0.15) is 4.98 Å². The van der Waals surface area contributed by atoms with Crippen LogP contribution in [-0.4, -0.2) is 47.1 Å². The molecule has 1 N–H and O–H groups in total. The third kappa shape index (κ3) is 5.20. The predicted octanol–water partition coefficient (Wildman–Crippen LogP) is 2.92. The van der Waals surface area contributed by atoms with Crippen molar-refractivity contribution in [3.05, 3.63) is 41.5 Å². The summed E-state index contributed by atoms with van der Waals surface area (Å²) >= 11 is 1.62. The number of likely N-dealkylation sites (N-methyl/N-ethyl adjacent to an activating group) is 1. The van der Waals surface area contributed by atoms with Crippen molar-refractivity contribution in [2.75, 3.05) is 20.1 Å². The second-order valence-corrected chi connectivity index (χ2v) is 6.98. The quantitative estimate of drug-likeness (QED) is 0.801. The number of carbonyl (C=O) groups excluding carboxylic acids is 1. The number of aromatic nitrogens is 2. The van der Waals surface area contributed by atoms with E-state index in [9.17, 15) is 4.79 Å². The fraction of sp³-hybridized carbons (Fsp3) is 0.471. The predicted molar refractivity (Wildman–Crippen MR) is 100 cm³/mol. The molecule has 1 amide bonds. The smallest absolute Gasteiger partial charge is 0.253 e. The van der Waals surface area contributed by atoms with Gasteiger partial charge >= 0.3 is 0 Å². The summed E-state index contributed by atoms with van der Waals surface area (Å²) in [5.41, 5.74) is 0.740. The number of piperidine rings is 1. The van der Waals surface area contributed by atoms with E-state index in [1.54, 1.807) is 18.7 Å². The fourth-order valence-corrected chi connectivity index (χ4v) is 3.55. The summed E-state index contributed by atoms with van der Waals surface area (Å²) in [6.07, 6.45) is 2.18. The van der Waals surface area contributed by atoms with Gasteiger partial charge in [0.05, 0.1) is 5.75 Å². The maximum atomic E-state index is 12.6. The molecular formula is C17H23ClN4O2S. The van der Waals surface area contributed by atoms with Gasteiger partial charge in [-0.05, 0) is 51.1 Å². The lowest BCUT2D eigenvalue weighted by molar-refractivity contribution is 0.0698. The SMILES string of the molecule is CNC1CCCN(C(=O)c2ccc(SCc3nc(C)no3)cc2)C1.Cl. The highest BCUT2D eigenvalue weighted by Gasteiger charge is 2.23. The second-order valence-electron chi connectivity index (χ2n) is 5.93. The van der Waals surface area contributed by atoms with Crippen LogP contribution in [0.3, 0.4) is 0 Å². The zero-order valence-electron chi connectivity index (χ0n) is 14.4. The van der Waals surface area contributed by atoms with Gasteiger partial charge in [0.25, 0.3) is 5.91 Å². The van der Waals surface area contributed by atoms with Crippen LogP contribution in [0.4, 0.5) is 0 Å². The molecule has 6 nitrogen and oxygen atoms in total. The van der Waals surface area contributed by atoms with E-state index in [0.717, 1.165) is 36.4 Å². The van der Waals surface area contributed by atoms with Crippen LogP contribution in [0.5, 0.6) is 0 Å². The molecule has 1 aromatic heterocycles. The van der Waals surface area contributed by atoms with Crippen LogP contribution < -0.4 is 5.32 Å². The molecule has 0 radical (unpaired) electrons. The molecule has 3 rings (SSSR count). The van der Waals surface area contributed by atoms with Crippen LogP contribution >= 0.6 is 24.2 Å². The molecule has 2 aromatic rings. The van der Waals surface area contributed by atoms with Gasteiger partial charge in [-0.25, -0.2) is 0 Å². The summed E-state index contributed by atoms with van der Waals surface area (Å²) in [6.45, 7) is 3.42. The van der Waals surface area contributed by atoms with Gasteiger partial charge in [-0.1, -0.05) is 5.16 Å². The average molecular weight is 383 g/mol. The van der Waals surface area contributed by atoms with Crippen LogP contribution in [0.2, 0.25) is 0 Å². The number of carbonyl (C=O) groups is 1. The number of hydrogen-bond acceptors (Lipinski definition) is 6. The molecule has 1 atom stereocenters. The third-order valence-corrected chi connectivity index (χ3v) is 5.15. The Kier molecular flexibility index (Phi) is 7.28. The van der Waals surface area contributed by atoms with E-state index in [2.05, 4.69) is 15.5 Å². The number of hydrogen-bond donors (Lipinski definition) is 1. The molecule has 0 spiro atoms. The number of benzene rings is 1. The summed E-state index contributed by atoms with van der Waals surface area (Å²) in [6, 6.07) is 8.14. The molecule has 0 saturated carbocycles. The normalized spacial score (nSPS) is 17.2. The number of thioether (sulfide) groups is 1. The van der Waals surface area contributed by atoms with E-state index in [-0.39, 0.29) is 18.3 Å². The lowest BCUT2D eigenvalue weighted by atomic mass is 10.0. The molecule has 25 heavy (non-hydrogen) atoms. The molecule has 136 valence electrons. The number of likely N-dealkylation sites (tertiary alicyclic amines) is 1. The van der Waals surface area contributed by atoms with Crippen molar-refractivity contribution in [1.82, 2.24) is 20.4 Å². The Morgan fingerprint density at radius 3 is 2.80 bits per heavy atom. The molecule has 1 aliphatic rings. The Balaban J connectivity index is 0.00000225. The van der Waals surface area contributed by atoms with Crippen LogP contribution in [0.15, 0.2) is 33.7 Å². The first-order valence-electron chi connectivity index (χ1n) is 8.14. The highest BCUT2D eigenvalue weighted by atomic mass is 35.5. The van der Waals surface area contributed by atoms with Crippen molar-refractivity contribution in [2.45, 2.75) is 36.5 Å². The van der Waals surface area contributed by atoms with Gasteiger partial charge in [-0.3, -0.25) is 4.79 Å². The van der Waals surface area contributed by atoms with Gasteiger partial charge in [0, 0.05) is 29.6 Å². The molecule has 1 aromatic carbocycles. The monoisotopic (exact) mass is 382 g/mol. The van der Waals surface area contributed by atoms with E-state index < -0.39 is 0 Å². The Morgan fingerprint density at radius 2 is 2.16 bits per heavy atom. The molecule has 0 aliphatic carbocycles. The zero-order valence-corrected chi connectivity index (χ0v) is 16.0. The van der Waals surface area contributed by atoms with Gasteiger partial charge in [-0.15, -0.1) is 24.2 Å². The number of amides is 1. The van der Waals surface area contributed by atoms with Crippen molar-refractivity contribution in [3.63, 3.8) is 0 Å². The summed E-state index contributed by atoms with van der Waals surface area (Å²) in [5, 5.41) is 7.04. The first kappa shape index (κ1) is 19.8. The lowest BCUT2D eigenvalue weighted by Gasteiger charge is -2.32. The van der Waals surface area contributed by atoms with Crippen LogP contribution in [0.25, 0.3) is 0 Å². The molecule has 1 unspecified atom stereocenters. The van der Waals surface area contributed by atoms with Gasteiger partial charge in [0.15, 0.2) is 5.82 Å². The third-order valence-electron chi connectivity index (χ3n) is 4.15. The molecule has 0 bridgehead atoms. The number of nitrogens with zero attached hydrogens (tertiary/aromatic N) is 3. The summed E-state index contributed by atoms with van der Waals surface area (Å²) in [7, 11) is 1.95. The van der Waals surface area contributed by atoms with Gasteiger partial charge in [0.1, 0.15) is 0 Å². The maximum absolute atomic E-state index is 12.6. The first-order chi connectivity index (χ1) is 11.7.